The molecule has 0 aliphatic heterocycles. The Morgan fingerprint density at radius 3 is 2.30 bits per heavy atom. The maximum Gasteiger partial charge on any atom is 0.407 e. The molecule has 0 saturated carbocycles. The average Bonchev–Trinajstić information content (AvgIpc) is 2.86. The molecule has 37 heavy (non-hydrogen) atoms. The van der Waals surface area contributed by atoms with Gasteiger partial charge in [-0.15, -0.1) is 0 Å². The Morgan fingerprint density at radius 2 is 1.65 bits per heavy atom. The molecular formula is C26H31F2N3O6. The summed E-state index contributed by atoms with van der Waals surface area (Å²) in [5.74, 6) is -3.51. The number of nitrogens with zero attached hydrogens (tertiary/aromatic N) is 1. The highest BCUT2D eigenvalue weighted by Gasteiger charge is 2.38. The lowest BCUT2D eigenvalue weighted by Gasteiger charge is -2.37. The maximum atomic E-state index is 14.2. The lowest BCUT2D eigenvalue weighted by molar-refractivity contribution is -0.148. The third-order valence-electron chi connectivity index (χ3n) is 5.45. The first-order valence-electron chi connectivity index (χ1n) is 11.7. The van der Waals surface area contributed by atoms with E-state index in [1.807, 2.05) is 6.07 Å². The maximum absolute atomic E-state index is 14.2. The van der Waals surface area contributed by atoms with E-state index in [1.54, 1.807) is 31.2 Å². The first-order chi connectivity index (χ1) is 17.5. The summed E-state index contributed by atoms with van der Waals surface area (Å²) >= 11 is 0. The molecule has 0 aliphatic carbocycles. The van der Waals surface area contributed by atoms with Crippen LogP contribution in [0.3, 0.4) is 0 Å². The number of amides is 3. The third kappa shape index (κ3) is 9.17. The van der Waals surface area contributed by atoms with Gasteiger partial charge in [-0.3, -0.25) is 14.4 Å². The normalized spacial score (nSPS) is 10.8. The SMILES string of the molecule is CCOC(=O)CNC(=O)C(C)(C)N(CCc1ccc(F)cc1F)C(=O)CNC(=O)OCc1ccccc1. The summed E-state index contributed by atoms with van der Waals surface area (Å²) in [6.07, 6.45) is -0.878. The molecule has 2 rings (SSSR count). The van der Waals surface area contributed by atoms with Gasteiger partial charge in [0, 0.05) is 12.6 Å². The van der Waals surface area contributed by atoms with Crippen molar-refractivity contribution in [1.82, 2.24) is 15.5 Å². The molecule has 3 amide bonds. The number of benzene rings is 2. The minimum atomic E-state index is -1.50. The zero-order valence-corrected chi connectivity index (χ0v) is 21.0. The van der Waals surface area contributed by atoms with Gasteiger partial charge in [0.25, 0.3) is 0 Å². The fraction of sp³-hybridized carbons (Fsp3) is 0.385. The molecule has 9 nitrogen and oxygen atoms in total. The smallest absolute Gasteiger partial charge is 0.407 e. The molecule has 0 spiro atoms. The van der Waals surface area contributed by atoms with Crippen LogP contribution in [0.1, 0.15) is 31.9 Å². The molecule has 2 aromatic rings. The molecule has 0 fully saturated rings. The quantitative estimate of drug-likeness (QED) is 0.417. The lowest BCUT2D eigenvalue weighted by atomic mass is 9.99. The van der Waals surface area contributed by atoms with E-state index in [1.165, 1.54) is 19.9 Å². The molecule has 2 aromatic carbocycles. The molecule has 0 bridgehead atoms. The highest BCUT2D eigenvalue weighted by Crippen LogP contribution is 2.18. The molecular weight excluding hydrogens is 488 g/mol. The van der Waals surface area contributed by atoms with Crippen LogP contribution in [0.5, 0.6) is 0 Å². The van der Waals surface area contributed by atoms with Crippen molar-refractivity contribution in [2.24, 2.45) is 0 Å². The average molecular weight is 520 g/mol. The molecule has 0 radical (unpaired) electrons. The second kappa shape index (κ2) is 13.9. The van der Waals surface area contributed by atoms with Crippen LogP contribution in [0.15, 0.2) is 48.5 Å². The Balaban J connectivity index is 2.09. The molecule has 0 saturated heterocycles. The van der Waals surface area contributed by atoms with Gasteiger partial charge in [0.2, 0.25) is 11.8 Å². The standard InChI is InChI=1S/C26H31F2N3O6/c1-4-36-23(33)16-29-24(34)26(2,3)31(13-12-19-10-11-20(27)14-21(19)28)22(32)15-30-25(35)37-17-18-8-6-5-7-9-18/h5-11,14H,4,12-13,15-17H2,1-3H3,(H,29,34)(H,30,35). The minimum absolute atomic E-state index is 0.00379. The molecule has 200 valence electrons. The van der Waals surface area contributed by atoms with Crippen LogP contribution in [0.25, 0.3) is 0 Å². The van der Waals surface area contributed by atoms with Crippen molar-refractivity contribution in [2.75, 3.05) is 26.2 Å². The number of carbonyl (C=O) groups excluding carboxylic acids is 4. The van der Waals surface area contributed by atoms with Crippen molar-refractivity contribution < 1.29 is 37.4 Å². The van der Waals surface area contributed by atoms with Crippen LogP contribution < -0.4 is 10.6 Å². The molecule has 0 atom stereocenters. The first kappa shape index (κ1) is 29.2. The van der Waals surface area contributed by atoms with Gasteiger partial charge in [-0.25, -0.2) is 13.6 Å². The Morgan fingerprint density at radius 1 is 0.946 bits per heavy atom. The van der Waals surface area contributed by atoms with E-state index in [0.717, 1.165) is 22.6 Å². The van der Waals surface area contributed by atoms with E-state index < -0.39 is 54.1 Å². The van der Waals surface area contributed by atoms with Gasteiger partial charge in [-0.2, -0.15) is 0 Å². The Labute approximate surface area is 214 Å². The van der Waals surface area contributed by atoms with Crippen LogP contribution in [0.2, 0.25) is 0 Å². The van der Waals surface area contributed by atoms with Crippen molar-refractivity contribution in [2.45, 2.75) is 39.3 Å². The summed E-state index contributed by atoms with van der Waals surface area (Å²) in [6.45, 7) is 3.59. The summed E-state index contributed by atoms with van der Waals surface area (Å²) in [4.78, 5) is 50.9. The van der Waals surface area contributed by atoms with E-state index in [9.17, 15) is 28.0 Å². The number of ether oxygens (including phenoxy) is 2. The van der Waals surface area contributed by atoms with Gasteiger partial charge in [-0.1, -0.05) is 36.4 Å². The monoisotopic (exact) mass is 519 g/mol. The number of hydrogen-bond donors (Lipinski definition) is 2. The van der Waals surface area contributed by atoms with Gasteiger partial charge in [0.05, 0.1) is 6.61 Å². The fourth-order valence-electron chi connectivity index (χ4n) is 3.39. The number of rotatable bonds is 12. The predicted molar refractivity (Wildman–Crippen MR) is 130 cm³/mol. The number of alkyl carbamates (subject to hydrolysis) is 1. The van der Waals surface area contributed by atoms with Crippen LogP contribution in [-0.2, 0) is 36.9 Å². The zero-order valence-electron chi connectivity index (χ0n) is 21.0. The van der Waals surface area contributed by atoms with Crippen LogP contribution in [0, 0.1) is 11.6 Å². The Kier molecular flexibility index (Phi) is 11.0. The van der Waals surface area contributed by atoms with Crippen molar-refractivity contribution in [3.05, 3.63) is 71.3 Å². The van der Waals surface area contributed by atoms with Crippen LogP contribution in [0.4, 0.5) is 13.6 Å². The van der Waals surface area contributed by atoms with E-state index in [-0.39, 0.29) is 31.7 Å². The number of esters is 1. The number of hydrogen-bond acceptors (Lipinski definition) is 6. The summed E-state index contributed by atoms with van der Waals surface area (Å²) in [6, 6.07) is 12.0. The molecule has 0 aromatic heterocycles. The predicted octanol–water partition coefficient (Wildman–Crippen LogP) is 2.72. The van der Waals surface area contributed by atoms with Crippen LogP contribution in [-0.4, -0.2) is 60.6 Å². The Bertz CT molecular complexity index is 1090. The number of carbonyl (C=O) groups is 4. The van der Waals surface area contributed by atoms with E-state index in [4.69, 9.17) is 9.47 Å². The summed E-state index contributed by atoms with van der Waals surface area (Å²) in [5.41, 5.74) is -0.612. The Hall–Kier alpha value is -4.02. The van der Waals surface area contributed by atoms with E-state index >= 15 is 0 Å². The summed E-state index contributed by atoms with van der Waals surface area (Å²) in [7, 11) is 0. The minimum Gasteiger partial charge on any atom is -0.465 e. The van der Waals surface area contributed by atoms with Gasteiger partial charge in [0.1, 0.15) is 36.9 Å². The highest BCUT2D eigenvalue weighted by atomic mass is 19.1. The second-order valence-corrected chi connectivity index (χ2v) is 8.49. The number of halogens is 2. The van der Waals surface area contributed by atoms with Gasteiger partial charge < -0.3 is 25.0 Å². The van der Waals surface area contributed by atoms with Gasteiger partial charge in [0.15, 0.2) is 0 Å². The summed E-state index contributed by atoms with van der Waals surface area (Å²) in [5, 5.41) is 4.77. The fourth-order valence-corrected chi connectivity index (χ4v) is 3.39. The van der Waals surface area contributed by atoms with E-state index in [2.05, 4.69) is 10.6 Å². The zero-order chi connectivity index (χ0) is 27.4. The molecule has 11 heteroatoms. The van der Waals surface area contributed by atoms with Crippen molar-refractivity contribution in [3.63, 3.8) is 0 Å². The van der Waals surface area contributed by atoms with Crippen molar-refractivity contribution in [1.29, 1.82) is 0 Å². The van der Waals surface area contributed by atoms with Crippen molar-refractivity contribution >= 4 is 23.9 Å². The first-order valence-corrected chi connectivity index (χ1v) is 11.7. The number of nitrogens with one attached hydrogen (secondary N) is 2. The van der Waals surface area contributed by atoms with Crippen LogP contribution >= 0.6 is 0 Å². The molecule has 0 aliphatic rings. The third-order valence-corrected chi connectivity index (χ3v) is 5.45. The second-order valence-electron chi connectivity index (χ2n) is 8.49. The van der Waals surface area contributed by atoms with Crippen molar-refractivity contribution in [3.8, 4) is 0 Å². The highest BCUT2D eigenvalue weighted by molar-refractivity contribution is 5.93. The molecule has 0 heterocycles. The topological polar surface area (TPSA) is 114 Å². The van der Waals surface area contributed by atoms with Gasteiger partial charge >= 0.3 is 12.1 Å². The molecule has 0 unspecified atom stereocenters. The lowest BCUT2D eigenvalue weighted by Crippen LogP contribution is -2.59. The largest absolute Gasteiger partial charge is 0.465 e. The van der Waals surface area contributed by atoms with E-state index in [0.29, 0.717) is 0 Å². The van der Waals surface area contributed by atoms with Gasteiger partial charge in [-0.05, 0) is 44.4 Å². The summed E-state index contributed by atoms with van der Waals surface area (Å²) < 4.78 is 37.3. The molecule has 2 N–H and O–H groups in total.